The minimum Gasteiger partial charge on any atom is -0.496 e. The summed E-state index contributed by atoms with van der Waals surface area (Å²) < 4.78 is 6.09. The van der Waals surface area contributed by atoms with Gasteiger partial charge in [0.15, 0.2) is 5.78 Å². The number of benzene rings is 1. The minimum atomic E-state index is -0.399. The third-order valence-electron chi connectivity index (χ3n) is 6.53. The molecule has 3 aliphatic rings. The first-order valence-electron chi connectivity index (χ1n) is 10.1. The summed E-state index contributed by atoms with van der Waals surface area (Å²) in [6.45, 7) is 5.25. The van der Waals surface area contributed by atoms with E-state index < -0.39 is 6.10 Å². The summed E-state index contributed by atoms with van der Waals surface area (Å²) in [6, 6.07) is 7.31. The molecular weight excluding hydrogens is 362 g/mol. The third-order valence-corrected chi connectivity index (χ3v) is 6.78. The molecule has 2 heterocycles. The second kappa shape index (κ2) is 7.94. The first-order valence-corrected chi connectivity index (χ1v) is 10.5. The van der Waals surface area contributed by atoms with Gasteiger partial charge >= 0.3 is 0 Å². The lowest BCUT2D eigenvalue weighted by Crippen LogP contribution is -2.52. The van der Waals surface area contributed by atoms with Crippen LogP contribution < -0.4 is 0 Å². The highest BCUT2D eigenvalue weighted by molar-refractivity contribution is 6.30. The highest BCUT2D eigenvalue weighted by Gasteiger charge is 2.46. The van der Waals surface area contributed by atoms with Crippen molar-refractivity contribution in [2.75, 3.05) is 19.6 Å². The molecule has 2 fully saturated rings. The van der Waals surface area contributed by atoms with Gasteiger partial charge in [-0.2, -0.15) is 0 Å². The van der Waals surface area contributed by atoms with Crippen molar-refractivity contribution in [1.82, 2.24) is 4.90 Å². The predicted molar refractivity (Wildman–Crippen MR) is 106 cm³/mol. The number of piperidine rings is 1. The number of hydrogen-bond acceptors (Lipinski definition) is 4. The Hall–Kier alpha value is -1.36. The first kappa shape index (κ1) is 19.0. The Kier molecular flexibility index (Phi) is 5.58. The second-order valence-corrected chi connectivity index (χ2v) is 8.84. The Balaban J connectivity index is 1.51. The number of nitrogens with zero attached hydrogens (tertiary/aromatic N) is 1. The first-order chi connectivity index (χ1) is 13.0. The fourth-order valence-corrected chi connectivity index (χ4v) is 4.86. The van der Waals surface area contributed by atoms with Crippen molar-refractivity contribution in [3.63, 3.8) is 0 Å². The van der Waals surface area contributed by atoms with Crippen molar-refractivity contribution in [3.05, 3.63) is 41.1 Å². The minimum absolute atomic E-state index is 0.0101. The maximum atomic E-state index is 13.2. The van der Waals surface area contributed by atoms with Gasteiger partial charge in [-0.1, -0.05) is 30.7 Å². The number of carbonyl (C=O) groups is 1. The number of likely N-dealkylation sites (tertiary alicyclic amines) is 1. The van der Waals surface area contributed by atoms with Gasteiger partial charge in [-0.15, -0.1) is 0 Å². The van der Waals surface area contributed by atoms with Crippen LogP contribution >= 0.6 is 11.6 Å². The Morgan fingerprint density at radius 3 is 2.56 bits per heavy atom. The lowest BCUT2D eigenvalue weighted by molar-refractivity contribution is -0.133. The van der Waals surface area contributed by atoms with Gasteiger partial charge in [0.2, 0.25) is 0 Å². The van der Waals surface area contributed by atoms with E-state index in [1.807, 2.05) is 12.1 Å². The summed E-state index contributed by atoms with van der Waals surface area (Å²) in [6.07, 6.45) is 4.74. The van der Waals surface area contributed by atoms with Crippen LogP contribution in [0.3, 0.4) is 0 Å². The van der Waals surface area contributed by atoms with E-state index in [2.05, 4.69) is 11.8 Å². The molecule has 1 N–H and O–H groups in total. The van der Waals surface area contributed by atoms with Gasteiger partial charge in [-0.3, -0.25) is 4.79 Å². The Morgan fingerprint density at radius 1 is 1.15 bits per heavy atom. The van der Waals surface area contributed by atoms with Gasteiger partial charge in [0.25, 0.3) is 0 Å². The standard InChI is InChI=1S/C22H28ClNO3/c1-14-8-10-24(11-9-14)12-18-20(25)7-6-17-21(26)19(13-27-22(17)18)15-2-4-16(23)5-3-15/h2-5,13-14,17-18,20,22,25H,6-12H2,1H3. The van der Waals surface area contributed by atoms with Crippen LogP contribution in [0.5, 0.6) is 0 Å². The zero-order valence-electron chi connectivity index (χ0n) is 15.8. The quantitative estimate of drug-likeness (QED) is 0.854. The average molecular weight is 390 g/mol. The molecule has 1 saturated heterocycles. The summed E-state index contributed by atoms with van der Waals surface area (Å²) in [5.41, 5.74) is 1.46. The summed E-state index contributed by atoms with van der Waals surface area (Å²) in [5.74, 6) is 0.738. The van der Waals surface area contributed by atoms with Gasteiger partial charge in [0.1, 0.15) is 6.10 Å². The molecule has 0 radical (unpaired) electrons. The lowest BCUT2D eigenvalue weighted by Gasteiger charge is -2.44. The number of Topliss-reactive ketones (excluding diaryl/α,β-unsaturated/α-hetero) is 1. The molecule has 27 heavy (non-hydrogen) atoms. The smallest absolute Gasteiger partial charge is 0.173 e. The molecule has 0 amide bonds. The molecule has 146 valence electrons. The molecule has 1 saturated carbocycles. The molecule has 4 nitrogen and oxygen atoms in total. The monoisotopic (exact) mass is 389 g/mol. The molecule has 4 rings (SSSR count). The number of fused-ring (bicyclic) bond motifs is 1. The fraction of sp³-hybridized carbons (Fsp3) is 0.591. The summed E-state index contributed by atoms with van der Waals surface area (Å²) in [5, 5.41) is 11.3. The lowest BCUT2D eigenvalue weighted by atomic mass is 9.72. The van der Waals surface area contributed by atoms with Crippen LogP contribution in [0, 0.1) is 17.8 Å². The normalized spacial score (nSPS) is 32.6. The zero-order chi connectivity index (χ0) is 19.0. The Bertz CT molecular complexity index is 709. The molecule has 4 unspecified atom stereocenters. The van der Waals surface area contributed by atoms with Crippen molar-refractivity contribution in [2.45, 2.75) is 44.8 Å². The van der Waals surface area contributed by atoms with E-state index in [4.69, 9.17) is 16.3 Å². The number of ketones is 1. The van der Waals surface area contributed by atoms with E-state index in [-0.39, 0.29) is 23.7 Å². The molecular formula is C22H28ClNO3. The zero-order valence-corrected chi connectivity index (χ0v) is 16.6. The second-order valence-electron chi connectivity index (χ2n) is 8.40. The highest BCUT2D eigenvalue weighted by atomic mass is 35.5. The molecule has 0 spiro atoms. The van der Waals surface area contributed by atoms with E-state index in [0.717, 1.165) is 31.1 Å². The molecule has 2 aliphatic heterocycles. The number of hydrogen-bond donors (Lipinski definition) is 1. The number of halogens is 1. The largest absolute Gasteiger partial charge is 0.496 e. The van der Waals surface area contributed by atoms with Crippen molar-refractivity contribution in [3.8, 4) is 0 Å². The summed E-state index contributed by atoms with van der Waals surface area (Å²) >= 11 is 5.97. The van der Waals surface area contributed by atoms with Gasteiger partial charge in [0, 0.05) is 17.5 Å². The molecule has 5 heteroatoms. The van der Waals surface area contributed by atoms with E-state index in [0.29, 0.717) is 23.4 Å². The molecule has 1 aromatic rings. The van der Waals surface area contributed by atoms with Crippen LogP contribution in [0.4, 0.5) is 0 Å². The number of carbonyl (C=O) groups excluding carboxylic acids is 1. The van der Waals surface area contributed by atoms with Gasteiger partial charge < -0.3 is 14.7 Å². The molecule has 0 bridgehead atoms. The van der Waals surface area contributed by atoms with Crippen LogP contribution in [-0.4, -0.2) is 47.6 Å². The molecule has 4 atom stereocenters. The SMILES string of the molecule is CC1CCN(CC2C(O)CCC3C(=O)C(c4ccc(Cl)cc4)=COC32)CC1. The van der Waals surface area contributed by atoms with E-state index in [1.165, 1.54) is 12.8 Å². The van der Waals surface area contributed by atoms with Gasteiger partial charge in [-0.25, -0.2) is 0 Å². The van der Waals surface area contributed by atoms with Crippen molar-refractivity contribution in [2.24, 2.45) is 17.8 Å². The van der Waals surface area contributed by atoms with Gasteiger partial charge in [-0.05, 0) is 62.4 Å². The van der Waals surface area contributed by atoms with E-state index >= 15 is 0 Å². The van der Waals surface area contributed by atoms with Crippen LogP contribution in [0.15, 0.2) is 30.5 Å². The Morgan fingerprint density at radius 2 is 1.85 bits per heavy atom. The van der Waals surface area contributed by atoms with Gasteiger partial charge in [0.05, 0.1) is 23.9 Å². The van der Waals surface area contributed by atoms with Crippen molar-refractivity contribution < 1.29 is 14.6 Å². The highest BCUT2D eigenvalue weighted by Crippen LogP contribution is 2.40. The number of aliphatic hydroxyl groups excluding tert-OH is 1. The number of rotatable bonds is 3. The fourth-order valence-electron chi connectivity index (χ4n) is 4.73. The predicted octanol–water partition coefficient (Wildman–Crippen LogP) is 3.77. The maximum Gasteiger partial charge on any atom is 0.173 e. The topological polar surface area (TPSA) is 49.8 Å². The summed E-state index contributed by atoms with van der Waals surface area (Å²) in [7, 11) is 0. The Labute approximate surface area is 166 Å². The number of aliphatic hydroxyl groups is 1. The van der Waals surface area contributed by atoms with Crippen LogP contribution in [0.1, 0.15) is 38.2 Å². The molecule has 1 aliphatic carbocycles. The van der Waals surface area contributed by atoms with E-state index in [1.54, 1.807) is 18.4 Å². The van der Waals surface area contributed by atoms with Crippen LogP contribution in [-0.2, 0) is 9.53 Å². The molecule has 1 aromatic carbocycles. The van der Waals surface area contributed by atoms with Crippen molar-refractivity contribution >= 4 is 23.0 Å². The number of allylic oxidation sites excluding steroid dienone is 1. The molecule has 0 aromatic heterocycles. The third kappa shape index (κ3) is 3.94. The maximum absolute atomic E-state index is 13.2. The van der Waals surface area contributed by atoms with E-state index in [9.17, 15) is 9.90 Å². The summed E-state index contributed by atoms with van der Waals surface area (Å²) in [4.78, 5) is 15.6. The van der Waals surface area contributed by atoms with Crippen LogP contribution in [0.2, 0.25) is 5.02 Å². The number of ether oxygens (including phenoxy) is 1. The van der Waals surface area contributed by atoms with Crippen LogP contribution in [0.25, 0.3) is 5.57 Å². The van der Waals surface area contributed by atoms with Crippen molar-refractivity contribution in [1.29, 1.82) is 0 Å². The average Bonchev–Trinajstić information content (AvgIpc) is 2.67.